The number of amides is 15. The summed E-state index contributed by atoms with van der Waals surface area (Å²) in [4.78, 5) is 207. The smallest absolute Gasteiger partial charge is 0.245 e. The molecule has 652 valence electrons. The number of rotatable bonds is 56. The summed E-state index contributed by atoms with van der Waals surface area (Å²) in [5, 5.41) is 64.8. The molecule has 0 spiro atoms. The van der Waals surface area contributed by atoms with Crippen LogP contribution in [0.5, 0.6) is 0 Å². The number of guanidine groups is 2. The summed E-state index contributed by atoms with van der Waals surface area (Å²) in [6, 6.07) is 8.70. The van der Waals surface area contributed by atoms with Crippen LogP contribution in [0.3, 0.4) is 0 Å². The second-order valence-corrected chi connectivity index (χ2v) is 29.3. The molecule has 40 nitrogen and oxygen atoms in total. The van der Waals surface area contributed by atoms with E-state index in [0.29, 0.717) is 36.0 Å². The Morgan fingerprint density at radius 2 is 0.737 bits per heavy atom. The zero-order valence-corrected chi connectivity index (χ0v) is 68.0. The van der Waals surface area contributed by atoms with Gasteiger partial charge in [-0.15, -0.1) is 0 Å². The highest BCUT2D eigenvalue weighted by molar-refractivity contribution is 6.00. The number of aliphatic hydroxyl groups excluding tert-OH is 1. The van der Waals surface area contributed by atoms with Crippen LogP contribution in [0.15, 0.2) is 91.0 Å². The van der Waals surface area contributed by atoms with Crippen LogP contribution in [0.1, 0.15) is 142 Å². The molecule has 0 aromatic heterocycles. The Hall–Kier alpha value is -11.9. The Kier molecular flexibility index (Phi) is 46.0. The van der Waals surface area contributed by atoms with Crippen LogP contribution in [-0.4, -0.2) is 224 Å². The van der Waals surface area contributed by atoms with E-state index in [1.54, 1.807) is 119 Å². The third-order valence-corrected chi connectivity index (χ3v) is 18.7. The van der Waals surface area contributed by atoms with E-state index in [-0.39, 0.29) is 121 Å². The van der Waals surface area contributed by atoms with E-state index in [0.717, 1.165) is 0 Å². The monoisotopic (exact) mass is 1650 g/mol. The molecular weight excluding hydrogens is 1530 g/mol. The summed E-state index contributed by atoms with van der Waals surface area (Å²) < 4.78 is 0. The minimum Gasteiger partial charge on any atom is -0.391 e. The fraction of sp³-hybridized carbons (Fsp3) is 0.551. The highest BCUT2D eigenvalue weighted by Gasteiger charge is 2.38. The van der Waals surface area contributed by atoms with Crippen molar-refractivity contribution in [3.8, 4) is 0 Å². The molecule has 0 heterocycles. The van der Waals surface area contributed by atoms with Gasteiger partial charge in [0, 0.05) is 25.9 Å². The van der Waals surface area contributed by atoms with Gasteiger partial charge >= 0.3 is 0 Å². The first-order valence-electron chi connectivity index (χ1n) is 39.5. The van der Waals surface area contributed by atoms with Crippen molar-refractivity contribution < 1.29 is 77.0 Å². The SMILES string of the molecule is CC[C@H](C)[C@H](NC(=O)[C@H](CCCCN)NC(=O)[C@@H](NC(=O)CNC(=O)[C@H](C)NC(=O)[C@H](CCCCN)NC(=O)[C@H](CC(C)C)NC(=O)[C@H](CCCNC(=N)N)NC(=O)[C@H](Cc1ccccc1)NC(=O)[C@H](CC(N)=O)NC(=O)[C@@H](N)Cc1ccccc1)[C@@H](C)O)C(=O)N[C@@H](CCCNC(=N)N)C(=O)N[C@@H](Cc1ccccc1)C(=O)NCC(N)=O. The van der Waals surface area contributed by atoms with Crippen molar-refractivity contribution in [2.24, 2.45) is 52.0 Å². The number of carbonyl (C=O) groups is 15. The lowest BCUT2D eigenvalue weighted by Crippen LogP contribution is -2.61. The summed E-state index contributed by atoms with van der Waals surface area (Å²) in [6.45, 7) is 8.48. The summed E-state index contributed by atoms with van der Waals surface area (Å²) in [7, 11) is 0. The molecular formula is C78H124N24O16. The zero-order valence-electron chi connectivity index (χ0n) is 68.0. The number of primary amides is 2. The van der Waals surface area contributed by atoms with Crippen molar-refractivity contribution in [1.82, 2.24) is 79.8 Å². The largest absolute Gasteiger partial charge is 0.391 e. The van der Waals surface area contributed by atoms with Crippen molar-refractivity contribution in [3.05, 3.63) is 108 Å². The minimum atomic E-state index is -1.77. The summed E-state index contributed by atoms with van der Waals surface area (Å²) in [6.07, 6.45) is -0.977. The third-order valence-electron chi connectivity index (χ3n) is 18.7. The molecule has 3 rings (SSSR count). The van der Waals surface area contributed by atoms with E-state index >= 15 is 0 Å². The predicted octanol–water partition coefficient (Wildman–Crippen LogP) is -5.75. The van der Waals surface area contributed by atoms with Crippen molar-refractivity contribution >= 4 is 101 Å². The summed E-state index contributed by atoms with van der Waals surface area (Å²) in [5.41, 5.74) is 41.6. The van der Waals surface area contributed by atoms with Crippen LogP contribution in [0.2, 0.25) is 0 Å². The molecule has 0 aliphatic carbocycles. The molecule has 0 unspecified atom stereocenters. The predicted molar refractivity (Wildman–Crippen MR) is 439 cm³/mol. The number of hydrogen-bond donors (Lipinski definition) is 25. The van der Waals surface area contributed by atoms with Crippen molar-refractivity contribution in [1.29, 1.82) is 10.8 Å². The van der Waals surface area contributed by atoms with Gasteiger partial charge in [0.15, 0.2) is 11.9 Å². The Morgan fingerprint density at radius 1 is 0.373 bits per heavy atom. The van der Waals surface area contributed by atoms with Crippen LogP contribution in [0.4, 0.5) is 0 Å². The Morgan fingerprint density at radius 3 is 1.16 bits per heavy atom. The van der Waals surface area contributed by atoms with Crippen LogP contribution in [0, 0.1) is 22.7 Å². The average Bonchev–Trinajstić information content (AvgIpc) is 0.856. The van der Waals surface area contributed by atoms with Gasteiger partial charge in [0.25, 0.3) is 0 Å². The first kappa shape index (κ1) is 100. The summed E-state index contributed by atoms with van der Waals surface area (Å²) >= 11 is 0. The van der Waals surface area contributed by atoms with Gasteiger partial charge in [0.2, 0.25) is 88.6 Å². The van der Waals surface area contributed by atoms with Gasteiger partial charge in [-0.25, -0.2) is 0 Å². The molecule has 32 N–H and O–H groups in total. The Bertz CT molecular complexity index is 3790. The molecule has 0 bridgehead atoms. The highest BCUT2D eigenvalue weighted by Crippen LogP contribution is 2.16. The molecule has 3 aromatic rings. The maximum Gasteiger partial charge on any atom is 0.245 e. The van der Waals surface area contributed by atoms with E-state index in [9.17, 15) is 77.0 Å². The first-order valence-corrected chi connectivity index (χ1v) is 39.5. The van der Waals surface area contributed by atoms with Gasteiger partial charge in [-0.05, 0) is 133 Å². The molecule has 3 aromatic carbocycles. The number of nitrogens with two attached hydrogens (primary N) is 7. The number of carbonyl (C=O) groups excluding carboxylic acids is 15. The lowest BCUT2D eigenvalue weighted by molar-refractivity contribution is -0.137. The maximum absolute atomic E-state index is 14.6. The lowest BCUT2D eigenvalue weighted by Gasteiger charge is -2.30. The quantitative estimate of drug-likeness (QED) is 0.0142. The molecule has 118 heavy (non-hydrogen) atoms. The van der Waals surface area contributed by atoms with E-state index in [1.807, 2.05) is 0 Å². The fourth-order valence-corrected chi connectivity index (χ4v) is 12.1. The number of aliphatic hydroxyl groups is 1. The van der Waals surface area contributed by atoms with E-state index < -0.39 is 193 Å². The van der Waals surface area contributed by atoms with Gasteiger partial charge in [-0.2, -0.15) is 0 Å². The zero-order chi connectivity index (χ0) is 88.0. The molecule has 15 amide bonds. The molecule has 0 fully saturated rings. The van der Waals surface area contributed by atoms with Crippen LogP contribution in [-0.2, 0) is 91.2 Å². The van der Waals surface area contributed by atoms with Gasteiger partial charge < -0.3 is 125 Å². The maximum atomic E-state index is 14.6. The van der Waals surface area contributed by atoms with E-state index in [4.69, 9.17) is 51.0 Å². The average molecular weight is 1650 g/mol. The highest BCUT2D eigenvalue weighted by atomic mass is 16.3. The number of hydrogen-bond acceptors (Lipinski definition) is 21. The Labute approximate surface area is 687 Å². The lowest BCUT2D eigenvalue weighted by atomic mass is 9.96. The normalized spacial score (nSPS) is 14.6. The molecule has 14 atom stereocenters. The second kappa shape index (κ2) is 54.1. The third kappa shape index (κ3) is 39.2. The second-order valence-electron chi connectivity index (χ2n) is 29.3. The molecule has 0 aliphatic heterocycles. The number of benzene rings is 3. The van der Waals surface area contributed by atoms with Crippen LogP contribution in [0.25, 0.3) is 0 Å². The minimum absolute atomic E-state index is 0.0270. The molecule has 0 saturated heterocycles. The number of unbranched alkanes of at least 4 members (excludes halogenated alkanes) is 2. The molecule has 0 saturated carbocycles. The van der Waals surface area contributed by atoms with Gasteiger partial charge in [-0.3, -0.25) is 82.7 Å². The molecule has 40 heteroatoms. The molecule has 0 radical (unpaired) electrons. The molecule has 0 aliphatic rings. The van der Waals surface area contributed by atoms with Gasteiger partial charge in [-0.1, -0.05) is 125 Å². The topological polar surface area (TPSA) is 687 Å². The van der Waals surface area contributed by atoms with Crippen molar-refractivity contribution in [2.75, 3.05) is 39.3 Å². The first-order chi connectivity index (χ1) is 56.0. The van der Waals surface area contributed by atoms with E-state index in [1.165, 1.54) is 13.8 Å². The summed E-state index contributed by atoms with van der Waals surface area (Å²) in [5.74, 6) is -15.1. The fourth-order valence-electron chi connectivity index (χ4n) is 12.1. The van der Waals surface area contributed by atoms with Crippen LogP contribution >= 0.6 is 0 Å². The van der Waals surface area contributed by atoms with Gasteiger partial charge in [0.1, 0.15) is 66.5 Å². The standard InChI is InChI=1S/C78H124N24O16/c1-7-45(4)63(75(117)95-55(32-22-36-89-78(86)87)70(112)99-57(67(109)90-42-61(83)105)39-49-25-13-9-14-26-49)102-71(113)53(30-18-20-34-80)96-76(118)64(47(6)103)101-62(106)43-91-65(107)46(5)92-68(110)52(29-17-19-33-79)93-72(114)56(37-44(2)3)98-69(111)54(31-21-35-88-77(84)85)94-73(115)58(40-50-27-15-10-16-28-50)100-74(116)59(41-60(82)104)97-66(108)51(81)38-48-23-11-8-12-24-48/h8-16,23-28,44-47,51-59,63-64,103H,7,17-22,29-43,79-81H2,1-6H3,(H2,82,104)(H2,83,105)(H,90,109)(H,91,107)(H,92,110)(H,93,114)(H,94,115)(H,95,117)(H,96,118)(H,97,108)(H,98,111)(H,99,112)(H,100,116)(H,101,106)(H,102,113)(H4,84,85,88)(H4,86,87,89)/t45-,46-,47+,51-,52-,53-,54-,55-,56-,57-,58-,59-,63-,64-/m0/s1. The van der Waals surface area contributed by atoms with Crippen LogP contribution < -0.4 is 120 Å². The number of nitrogens with one attached hydrogen (secondary N) is 17. The van der Waals surface area contributed by atoms with E-state index in [2.05, 4.69) is 79.8 Å². The van der Waals surface area contributed by atoms with Crippen molar-refractivity contribution in [3.63, 3.8) is 0 Å². The Balaban J connectivity index is 1.83. The van der Waals surface area contributed by atoms with Gasteiger partial charge in [0.05, 0.1) is 31.7 Å². The van der Waals surface area contributed by atoms with Crippen molar-refractivity contribution in [2.45, 2.75) is 223 Å².